The summed E-state index contributed by atoms with van der Waals surface area (Å²) in [6.07, 6.45) is -0.996. The smallest absolute Gasteiger partial charge is 0.411 e. The lowest BCUT2D eigenvalue weighted by Gasteiger charge is -2.35. The minimum atomic E-state index is -0.968. The lowest BCUT2D eigenvalue weighted by molar-refractivity contribution is -0.163. The van der Waals surface area contributed by atoms with Gasteiger partial charge in [0.1, 0.15) is 42.0 Å². The molecule has 0 aromatic rings. The van der Waals surface area contributed by atoms with Crippen LogP contribution in [0.4, 0.5) is 9.59 Å². The number of amides is 2. The van der Waals surface area contributed by atoms with Gasteiger partial charge < -0.3 is 34.3 Å². The molecule has 2 amide bonds. The number of fused-ring (bicyclic) bond motifs is 1. The maximum atomic E-state index is 13.6. The van der Waals surface area contributed by atoms with Crippen molar-refractivity contribution in [2.75, 3.05) is 25.2 Å². The molecule has 0 saturated carbocycles. The maximum absolute atomic E-state index is 13.6. The molecular weight excluding hydrogens is 566 g/mol. The number of nitrogens with one attached hydrogen (secondary N) is 2. The van der Waals surface area contributed by atoms with Crippen molar-refractivity contribution in [1.29, 1.82) is 10.5 Å². The number of hydrogen-bond acceptors (Lipinski definition) is 12. The fraction of sp³-hybridized carbons (Fsp3) is 0.750. The third-order valence-corrected chi connectivity index (χ3v) is 7.12. The number of ether oxygens (including phenoxy) is 5. The maximum Gasteiger partial charge on any atom is 0.411 e. The Morgan fingerprint density at radius 1 is 1.07 bits per heavy atom. The Labute approximate surface area is 252 Å². The second-order valence-corrected chi connectivity index (χ2v) is 13.5. The number of carbonyl (C=O) groups excluding carboxylic acids is 3. The number of likely N-dealkylation sites (tertiary alicyclic amines) is 1. The number of nitriles is 2. The van der Waals surface area contributed by atoms with Gasteiger partial charge in [-0.25, -0.2) is 14.4 Å². The van der Waals surface area contributed by atoms with Crippen LogP contribution < -0.4 is 10.6 Å². The van der Waals surface area contributed by atoms with Gasteiger partial charge in [-0.1, -0.05) is 0 Å². The van der Waals surface area contributed by atoms with E-state index < -0.39 is 65.5 Å². The highest BCUT2D eigenvalue weighted by atomic mass is 32.2. The lowest BCUT2D eigenvalue weighted by atomic mass is 10.0. The molecule has 0 aliphatic carbocycles. The summed E-state index contributed by atoms with van der Waals surface area (Å²) in [4.78, 5) is 39.7. The Morgan fingerprint density at radius 3 is 2.24 bits per heavy atom. The van der Waals surface area contributed by atoms with Crippen molar-refractivity contribution in [3.05, 3.63) is 11.8 Å². The minimum Gasteiger partial charge on any atom is -0.467 e. The van der Waals surface area contributed by atoms with Crippen molar-refractivity contribution >= 4 is 29.9 Å². The van der Waals surface area contributed by atoms with Crippen LogP contribution in [0.3, 0.4) is 0 Å². The zero-order valence-corrected chi connectivity index (χ0v) is 26.6. The summed E-state index contributed by atoms with van der Waals surface area (Å²) >= 11 is 1.43. The van der Waals surface area contributed by atoms with E-state index in [9.17, 15) is 19.6 Å². The van der Waals surface area contributed by atoms with Crippen LogP contribution in [0.5, 0.6) is 0 Å². The van der Waals surface area contributed by atoms with Gasteiger partial charge in [0.05, 0.1) is 30.9 Å². The van der Waals surface area contributed by atoms with Crippen LogP contribution in [-0.4, -0.2) is 95.5 Å². The van der Waals surface area contributed by atoms with Crippen molar-refractivity contribution in [3.8, 4) is 12.1 Å². The van der Waals surface area contributed by atoms with Crippen molar-refractivity contribution in [2.45, 2.75) is 109 Å². The zero-order valence-electron chi connectivity index (χ0n) is 25.8. The number of nitrogens with zero attached hydrogens (tertiary/aromatic N) is 3. The van der Waals surface area contributed by atoms with E-state index in [0.717, 1.165) is 0 Å². The largest absolute Gasteiger partial charge is 0.467 e. The molecule has 2 N–H and O–H groups in total. The van der Waals surface area contributed by atoms with E-state index in [0.29, 0.717) is 11.5 Å². The Balaban J connectivity index is 2.30. The number of methoxy groups -OCH3 is 1. The lowest BCUT2D eigenvalue weighted by Crippen LogP contribution is -2.50. The molecule has 14 heteroatoms. The third-order valence-electron chi connectivity index (χ3n) is 6.02. The van der Waals surface area contributed by atoms with Crippen LogP contribution in [-0.2, 0) is 28.5 Å². The highest BCUT2D eigenvalue weighted by Gasteiger charge is 2.60. The molecule has 2 aliphatic rings. The monoisotopic (exact) mass is 609 g/mol. The first-order chi connectivity index (χ1) is 19.4. The quantitative estimate of drug-likeness (QED) is 0.122. The van der Waals surface area contributed by atoms with Gasteiger partial charge in [-0.3, -0.25) is 4.90 Å². The summed E-state index contributed by atoms with van der Waals surface area (Å²) in [5.41, 5.74) is -1.36. The highest BCUT2D eigenvalue weighted by Crippen LogP contribution is 2.44. The van der Waals surface area contributed by atoms with E-state index >= 15 is 0 Å². The molecule has 13 nitrogen and oxygen atoms in total. The Kier molecular flexibility index (Phi) is 11.9. The third kappa shape index (κ3) is 9.96. The fourth-order valence-corrected chi connectivity index (χ4v) is 5.74. The molecule has 2 heterocycles. The summed E-state index contributed by atoms with van der Waals surface area (Å²) in [5, 5.41) is 24.3. The van der Waals surface area contributed by atoms with Crippen molar-refractivity contribution in [3.63, 3.8) is 0 Å². The molecule has 42 heavy (non-hydrogen) atoms. The van der Waals surface area contributed by atoms with E-state index in [1.165, 1.54) is 30.0 Å². The zero-order chi connectivity index (χ0) is 31.9. The first-order valence-corrected chi connectivity index (χ1v) is 14.8. The summed E-state index contributed by atoms with van der Waals surface area (Å²) in [7, 11) is 1.24. The number of thioether (sulfide) groups is 1. The molecule has 5 unspecified atom stereocenters. The van der Waals surface area contributed by atoms with Gasteiger partial charge in [-0.2, -0.15) is 22.3 Å². The first kappa shape index (κ1) is 35.0. The molecule has 2 saturated heterocycles. The fourth-order valence-electron chi connectivity index (χ4n) is 4.58. The van der Waals surface area contributed by atoms with Gasteiger partial charge in [-0.15, -0.1) is 0 Å². The molecule has 0 aromatic heterocycles. The van der Waals surface area contributed by atoms with E-state index in [1.54, 1.807) is 55.4 Å². The molecule has 0 aromatic carbocycles. The Morgan fingerprint density at radius 2 is 1.69 bits per heavy atom. The van der Waals surface area contributed by atoms with Gasteiger partial charge in [0.15, 0.2) is 5.79 Å². The van der Waals surface area contributed by atoms with Gasteiger partial charge in [0.25, 0.3) is 0 Å². The summed E-state index contributed by atoms with van der Waals surface area (Å²) in [6.45, 7) is 13.9. The number of esters is 1. The Hall–Kier alpha value is -3.20. The SMILES string of the molecule is COC(=O)C(CCSCC1C2OC(C)(C)OC2C(/C(C#N)=C/NCC#N)N1C(=O)OC(C)(C)C)NC(=O)OC(C)(C)C. The van der Waals surface area contributed by atoms with E-state index in [-0.39, 0.29) is 18.5 Å². The molecule has 2 rings (SSSR count). The molecular formula is C28H43N5O8S. The summed E-state index contributed by atoms with van der Waals surface area (Å²) in [5.74, 6) is -0.822. The van der Waals surface area contributed by atoms with Crippen molar-refractivity contribution in [2.24, 2.45) is 0 Å². The topological polar surface area (TPSA) is 172 Å². The molecule has 0 spiro atoms. The van der Waals surface area contributed by atoms with Crippen LogP contribution in [0.2, 0.25) is 0 Å². The van der Waals surface area contributed by atoms with Crippen LogP contribution in [0.15, 0.2) is 11.8 Å². The van der Waals surface area contributed by atoms with Gasteiger partial charge in [-0.05, 0) is 67.6 Å². The molecule has 234 valence electrons. The van der Waals surface area contributed by atoms with Crippen LogP contribution in [0, 0.1) is 22.7 Å². The van der Waals surface area contributed by atoms with E-state index in [2.05, 4.69) is 16.7 Å². The molecule has 2 aliphatic heterocycles. The average molecular weight is 610 g/mol. The highest BCUT2D eigenvalue weighted by molar-refractivity contribution is 7.99. The number of carbonyl (C=O) groups is 3. The minimum absolute atomic E-state index is 0.0285. The molecule has 5 atom stereocenters. The van der Waals surface area contributed by atoms with Gasteiger partial charge >= 0.3 is 18.2 Å². The number of rotatable bonds is 10. The van der Waals surface area contributed by atoms with Crippen molar-refractivity contribution < 1.29 is 38.1 Å². The van der Waals surface area contributed by atoms with Crippen LogP contribution >= 0.6 is 11.8 Å². The normalized spacial score (nSPS) is 24.1. The first-order valence-electron chi connectivity index (χ1n) is 13.7. The summed E-state index contributed by atoms with van der Waals surface area (Å²) < 4.78 is 28.3. The van der Waals surface area contributed by atoms with E-state index in [4.69, 9.17) is 28.9 Å². The second-order valence-electron chi connectivity index (χ2n) is 12.3. The Bertz CT molecular complexity index is 1100. The predicted octanol–water partition coefficient (Wildman–Crippen LogP) is 3.20. The summed E-state index contributed by atoms with van der Waals surface area (Å²) in [6, 6.07) is 1.75. The molecule has 2 fully saturated rings. The van der Waals surface area contributed by atoms with Crippen LogP contribution in [0.1, 0.15) is 61.8 Å². The van der Waals surface area contributed by atoms with Crippen LogP contribution in [0.25, 0.3) is 0 Å². The van der Waals surface area contributed by atoms with E-state index in [1.807, 2.05) is 6.07 Å². The standard InChI is InChI=1S/C28H43N5O8S/c1-26(2,3)40-24(35)32-18(23(34)37-9)10-13-42-16-19-21-22(39-28(7,8)38-21)20(17(14-30)15-31-12-11-29)33(19)25(36)41-27(4,5)6/h15,18-22,31H,10,12-13,16H2,1-9H3,(H,32,35)/b17-15+. The van der Waals surface area contributed by atoms with Gasteiger partial charge in [0, 0.05) is 12.0 Å². The second kappa shape index (κ2) is 14.3. The predicted molar refractivity (Wildman–Crippen MR) is 154 cm³/mol. The number of hydrogen-bond donors (Lipinski definition) is 2. The van der Waals surface area contributed by atoms with Gasteiger partial charge in [0.2, 0.25) is 0 Å². The average Bonchev–Trinajstić information content (AvgIpc) is 3.31. The molecule has 0 bridgehead atoms. The number of alkyl carbamates (subject to hydrolysis) is 1. The van der Waals surface area contributed by atoms with Crippen molar-refractivity contribution in [1.82, 2.24) is 15.5 Å². The molecule has 0 radical (unpaired) electrons.